The van der Waals surface area contributed by atoms with E-state index in [1.165, 1.54) is 6.07 Å². The number of rotatable bonds is 1. The molecule has 0 aliphatic carbocycles. The van der Waals surface area contributed by atoms with E-state index in [2.05, 4.69) is 26.1 Å². The molecule has 1 aromatic heterocycles. The summed E-state index contributed by atoms with van der Waals surface area (Å²) in [5.41, 5.74) is 1.53. The van der Waals surface area contributed by atoms with Gasteiger partial charge in [0.05, 0.1) is 4.47 Å². The summed E-state index contributed by atoms with van der Waals surface area (Å²) in [5.74, 6) is 4.28. The summed E-state index contributed by atoms with van der Waals surface area (Å²) in [6.07, 6.45) is 0. The van der Waals surface area contributed by atoms with Gasteiger partial charge >= 0.3 is 0 Å². The summed E-state index contributed by atoms with van der Waals surface area (Å²) < 4.78 is 0.233. The number of aromatic amines is 1. The first-order valence-corrected chi connectivity index (χ1v) is 3.70. The van der Waals surface area contributed by atoms with Crippen LogP contribution in [0.4, 0.5) is 0 Å². The third-order valence-corrected chi connectivity index (χ3v) is 1.71. The van der Waals surface area contributed by atoms with Crippen LogP contribution in [0.5, 0.6) is 0 Å². The molecule has 1 amide bonds. The van der Waals surface area contributed by atoms with Crippen molar-refractivity contribution in [1.82, 2.24) is 15.6 Å². The minimum absolute atomic E-state index is 0.0453. The first-order chi connectivity index (χ1) is 5.65. The number of hydrazine groups is 1. The van der Waals surface area contributed by atoms with E-state index >= 15 is 0 Å². The second-order valence-electron chi connectivity index (χ2n) is 1.90. The minimum Gasteiger partial charge on any atom is -0.289 e. The maximum absolute atomic E-state index is 10.8. The molecule has 7 heteroatoms. The molecule has 0 bridgehead atoms. The molecule has 1 rings (SSSR count). The van der Waals surface area contributed by atoms with Crippen molar-refractivity contribution in [1.29, 1.82) is 0 Å². The second kappa shape index (κ2) is 3.46. The maximum Gasteiger partial charge on any atom is 0.285 e. The Hall–Kier alpha value is -1.21. The Morgan fingerprint density at radius 2 is 2.42 bits per heavy atom. The van der Waals surface area contributed by atoms with Gasteiger partial charge in [0.25, 0.3) is 11.5 Å². The zero-order chi connectivity index (χ0) is 9.14. The summed E-state index contributed by atoms with van der Waals surface area (Å²) in [6.45, 7) is 0. The lowest BCUT2D eigenvalue weighted by atomic mass is 10.4. The molecular weight excluding hydrogens is 228 g/mol. The summed E-state index contributed by atoms with van der Waals surface area (Å²) >= 11 is 2.94. The monoisotopic (exact) mass is 232 g/mol. The van der Waals surface area contributed by atoms with Gasteiger partial charge in [-0.3, -0.25) is 15.0 Å². The number of nitrogen functional groups attached to an aromatic ring is 1. The molecule has 0 saturated heterocycles. The lowest BCUT2D eigenvalue weighted by Crippen LogP contribution is -2.31. The highest BCUT2D eigenvalue weighted by atomic mass is 79.9. The lowest BCUT2D eigenvalue weighted by molar-refractivity contribution is 0.0947. The number of H-pyrrole nitrogens is 1. The fourth-order valence-corrected chi connectivity index (χ4v) is 0.878. The van der Waals surface area contributed by atoms with E-state index in [0.717, 1.165) is 0 Å². The summed E-state index contributed by atoms with van der Waals surface area (Å²) in [6, 6.07) is 1.28. The van der Waals surface area contributed by atoms with E-state index in [0.29, 0.717) is 0 Å². The van der Waals surface area contributed by atoms with Gasteiger partial charge in [-0.05, 0) is 22.0 Å². The molecule has 64 valence electrons. The average molecular weight is 233 g/mol. The van der Waals surface area contributed by atoms with Gasteiger partial charge in [0.15, 0.2) is 5.69 Å². The first-order valence-electron chi connectivity index (χ1n) is 2.91. The third kappa shape index (κ3) is 1.69. The van der Waals surface area contributed by atoms with Gasteiger partial charge < -0.3 is 0 Å². The number of carbonyl (C=O) groups is 1. The molecule has 6 nitrogen and oxygen atoms in total. The molecule has 12 heavy (non-hydrogen) atoms. The van der Waals surface area contributed by atoms with E-state index in [4.69, 9.17) is 5.84 Å². The fourth-order valence-electron chi connectivity index (χ4n) is 0.573. The Morgan fingerprint density at radius 1 is 1.75 bits per heavy atom. The fraction of sp³-hybridized carbons (Fsp3) is 0. The molecule has 0 aromatic carbocycles. The highest BCUT2D eigenvalue weighted by Crippen LogP contribution is 2.01. The topological polar surface area (TPSA) is 101 Å². The average Bonchev–Trinajstić information content (AvgIpc) is 2.08. The summed E-state index contributed by atoms with van der Waals surface area (Å²) in [7, 11) is 0. The molecule has 0 spiro atoms. The van der Waals surface area contributed by atoms with Crippen molar-refractivity contribution in [2.24, 2.45) is 5.84 Å². The first kappa shape index (κ1) is 8.88. The van der Waals surface area contributed by atoms with Crippen LogP contribution >= 0.6 is 15.9 Å². The van der Waals surface area contributed by atoms with Gasteiger partial charge in [-0.25, -0.2) is 10.9 Å². The molecule has 0 saturated carbocycles. The molecule has 0 unspecified atom stereocenters. The molecule has 1 aromatic rings. The van der Waals surface area contributed by atoms with E-state index in [9.17, 15) is 9.59 Å². The van der Waals surface area contributed by atoms with Gasteiger partial charge in [-0.2, -0.15) is 5.10 Å². The molecule has 0 fully saturated rings. The third-order valence-electron chi connectivity index (χ3n) is 1.12. The van der Waals surface area contributed by atoms with E-state index in [1.807, 2.05) is 5.43 Å². The Kier molecular flexibility index (Phi) is 2.56. The van der Waals surface area contributed by atoms with Crippen LogP contribution in [0.3, 0.4) is 0 Å². The van der Waals surface area contributed by atoms with Crippen LogP contribution in [-0.4, -0.2) is 16.1 Å². The SMILES string of the molecule is NNC(=O)c1cc(Br)c(=O)[nH]n1. The van der Waals surface area contributed by atoms with Crippen LogP contribution in [0.2, 0.25) is 0 Å². The maximum atomic E-state index is 10.8. The number of nitrogens with zero attached hydrogens (tertiary/aromatic N) is 1. The van der Waals surface area contributed by atoms with Crippen molar-refractivity contribution < 1.29 is 4.79 Å². The van der Waals surface area contributed by atoms with Gasteiger partial charge in [-0.15, -0.1) is 0 Å². The second-order valence-corrected chi connectivity index (χ2v) is 2.76. The minimum atomic E-state index is -0.563. The van der Waals surface area contributed by atoms with Crippen molar-refractivity contribution in [3.63, 3.8) is 0 Å². The predicted molar refractivity (Wildman–Crippen MR) is 44.2 cm³/mol. The quantitative estimate of drug-likeness (QED) is 0.333. The van der Waals surface area contributed by atoms with Crippen LogP contribution in [0.1, 0.15) is 10.5 Å². The van der Waals surface area contributed by atoms with Crippen molar-refractivity contribution in [3.8, 4) is 0 Å². The van der Waals surface area contributed by atoms with Crippen molar-refractivity contribution >= 4 is 21.8 Å². The zero-order valence-corrected chi connectivity index (χ0v) is 7.38. The number of nitrogens with two attached hydrogens (primary N) is 1. The largest absolute Gasteiger partial charge is 0.289 e. The van der Waals surface area contributed by atoms with Gasteiger partial charge in [0, 0.05) is 0 Å². The van der Waals surface area contributed by atoms with E-state index in [1.54, 1.807) is 0 Å². The highest BCUT2D eigenvalue weighted by Gasteiger charge is 2.06. The van der Waals surface area contributed by atoms with Crippen LogP contribution in [-0.2, 0) is 0 Å². The van der Waals surface area contributed by atoms with E-state index < -0.39 is 11.5 Å². The van der Waals surface area contributed by atoms with Crippen LogP contribution in [0, 0.1) is 0 Å². The normalized spacial score (nSPS) is 9.50. The van der Waals surface area contributed by atoms with Crippen molar-refractivity contribution in [2.75, 3.05) is 0 Å². The summed E-state index contributed by atoms with van der Waals surface area (Å²) in [4.78, 5) is 21.6. The Labute approximate surface area is 75.3 Å². The van der Waals surface area contributed by atoms with Crippen molar-refractivity contribution in [3.05, 3.63) is 26.6 Å². The van der Waals surface area contributed by atoms with Crippen molar-refractivity contribution in [2.45, 2.75) is 0 Å². The number of halogens is 1. The number of hydrogen-bond donors (Lipinski definition) is 3. The molecule has 0 radical (unpaired) electrons. The number of nitrogens with one attached hydrogen (secondary N) is 2. The Balaban J connectivity index is 3.13. The van der Waals surface area contributed by atoms with E-state index in [-0.39, 0.29) is 10.2 Å². The predicted octanol–water partition coefficient (Wildman–Crippen LogP) is -0.864. The molecule has 0 aliphatic rings. The molecule has 0 atom stereocenters. The summed E-state index contributed by atoms with van der Waals surface area (Å²) in [5, 5.41) is 5.56. The number of hydrogen-bond acceptors (Lipinski definition) is 4. The van der Waals surface area contributed by atoms with Gasteiger partial charge in [-0.1, -0.05) is 0 Å². The lowest BCUT2D eigenvalue weighted by Gasteiger charge is -1.96. The number of carbonyl (C=O) groups excluding carboxylic acids is 1. The Bertz CT molecular complexity index is 361. The molecule has 0 aliphatic heterocycles. The van der Waals surface area contributed by atoms with Crippen LogP contribution < -0.4 is 16.8 Å². The molecule has 4 N–H and O–H groups in total. The van der Waals surface area contributed by atoms with Crippen LogP contribution in [0.25, 0.3) is 0 Å². The number of aromatic nitrogens is 2. The Morgan fingerprint density at radius 3 is 2.92 bits per heavy atom. The number of amides is 1. The highest BCUT2D eigenvalue weighted by molar-refractivity contribution is 9.10. The zero-order valence-electron chi connectivity index (χ0n) is 5.80. The van der Waals surface area contributed by atoms with Crippen LogP contribution in [0.15, 0.2) is 15.3 Å². The standard InChI is InChI=1S/C5H5BrN4O2/c6-2-1-3(5(12)8-7)9-10-4(2)11/h1H,7H2,(H,8,12)(H,10,11). The molecular formula is C5H5BrN4O2. The van der Waals surface area contributed by atoms with Gasteiger partial charge in [0.1, 0.15) is 0 Å². The van der Waals surface area contributed by atoms with Gasteiger partial charge in [0.2, 0.25) is 0 Å². The smallest absolute Gasteiger partial charge is 0.285 e. The molecule has 1 heterocycles.